The van der Waals surface area contributed by atoms with Gasteiger partial charge < -0.3 is 5.32 Å². The molecule has 0 aliphatic rings. The lowest BCUT2D eigenvalue weighted by Crippen LogP contribution is -2.18. The number of aryl methyl sites for hydroxylation is 1. The lowest BCUT2D eigenvalue weighted by atomic mass is 10.0. The average molecular weight is 243 g/mol. The minimum atomic E-state index is 0.351. The number of nitrogens with zero attached hydrogens (tertiary/aromatic N) is 1. The highest BCUT2D eigenvalue weighted by Crippen LogP contribution is 2.14. The molecule has 3 heteroatoms. The van der Waals surface area contributed by atoms with Crippen molar-refractivity contribution in [2.75, 3.05) is 0 Å². The molecule has 0 bridgehead atoms. The third-order valence-corrected chi connectivity index (χ3v) is 3.18. The molecule has 0 radical (unpaired) electrons. The second-order valence-electron chi connectivity index (χ2n) is 4.68. The first-order chi connectivity index (χ1) is 8.79. The summed E-state index contributed by atoms with van der Waals surface area (Å²) in [6, 6.07) is 11.2. The van der Waals surface area contributed by atoms with Gasteiger partial charge in [-0.3, -0.25) is 5.10 Å². The van der Waals surface area contributed by atoms with Crippen LogP contribution in [-0.2, 0) is 13.0 Å². The summed E-state index contributed by atoms with van der Waals surface area (Å²) in [6.45, 7) is 5.21. The van der Waals surface area contributed by atoms with Gasteiger partial charge in [0.05, 0.1) is 0 Å². The standard InChI is InChI=1S/C15H21N3/c1-3-4-13-5-7-14(8-6-13)12(2)16-11-15-9-10-17-18-15/h5-10,12,16H,3-4,11H2,1-2H3,(H,17,18). The predicted molar refractivity (Wildman–Crippen MR) is 74.3 cm³/mol. The molecule has 2 N–H and O–H groups in total. The summed E-state index contributed by atoms with van der Waals surface area (Å²) in [7, 11) is 0. The molecule has 1 aromatic carbocycles. The molecule has 2 aromatic rings. The summed E-state index contributed by atoms with van der Waals surface area (Å²) in [5.41, 5.74) is 3.86. The number of hydrogen-bond donors (Lipinski definition) is 2. The molecule has 96 valence electrons. The van der Waals surface area contributed by atoms with Crippen molar-refractivity contribution >= 4 is 0 Å². The summed E-state index contributed by atoms with van der Waals surface area (Å²) in [6.07, 6.45) is 4.14. The first kappa shape index (κ1) is 12.8. The molecular formula is C15H21N3. The SMILES string of the molecule is CCCc1ccc(C(C)NCc2ccn[nH]2)cc1. The number of aromatic amines is 1. The van der Waals surface area contributed by atoms with Crippen molar-refractivity contribution in [3.63, 3.8) is 0 Å². The van der Waals surface area contributed by atoms with Gasteiger partial charge in [0.25, 0.3) is 0 Å². The van der Waals surface area contributed by atoms with Crippen LogP contribution < -0.4 is 5.32 Å². The van der Waals surface area contributed by atoms with Gasteiger partial charge in [-0.2, -0.15) is 5.10 Å². The van der Waals surface area contributed by atoms with E-state index in [1.54, 1.807) is 6.20 Å². The topological polar surface area (TPSA) is 40.7 Å². The molecule has 0 spiro atoms. The van der Waals surface area contributed by atoms with E-state index < -0.39 is 0 Å². The summed E-state index contributed by atoms with van der Waals surface area (Å²) < 4.78 is 0. The van der Waals surface area contributed by atoms with Crippen molar-refractivity contribution in [3.8, 4) is 0 Å². The Balaban J connectivity index is 1.89. The van der Waals surface area contributed by atoms with Crippen LogP contribution in [0.15, 0.2) is 36.5 Å². The van der Waals surface area contributed by atoms with Crippen LogP contribution in [0.2, 0.25) is 0 Å². The summed E-state index contributed by atoms with van der Waals surface area (Å²) in [5.74, 6) is 0. The smallest absolute Gasteiger partial charge is 0.0490 e. The second kappa shape index (κ2) is 6.36. The van der Waals surface area contributed by atoms with Crippen LogP contribution in [0.1, 0.15) is 43.1 Å². The summed E-state index contributed by atoms with van der Waals surface area (Å²) >= 11 is 0. The molecule has 1 atom stereocenters. The number of nitrogens with one attached hydrogen (secondary N) is 2. The molecule has 3 nitrogen and oxygen atoms in total. The van der Waals surface area contributed by atoms with Gasteiger partial charge in [-0.15, -0.1) is 0 Å². The van der Waals surface area contributed by atoms with Crippen LogP contribution in [-0.4, -0.2) is 10.2 Å². The van der Waals surface area contributed by atoms with E-state index in [1.165, 1.54) is 17.5 Å². The third-order valence-electron chi connectivity index (χ3n) is 3.18. The second-order valence-corrected chi connectivity index (χ2v) is 4.68. The van der Waals surface area contributed by atoms with E-state index in [0.717, 1.165) is 18.7 Å². The molecule has 1 aromatic heterocycles. The quantitative estimate of drug-likeness (QED) is 0.818. The Bertz CT molecular complexity index is 445. The fourth-order valence-corrected chi connectivity index (χ4v) is 2.03. The maximum Gasteiger partial charge on any atom is 0.0490 e. The molecule has 0 fully saturated rings. The predicted octanol–water partition coefficient (Wildman–Crippen LogP) is 3.21. The van der Waals surface area contributed by atoms with Gasteiger partial charge in [-0.25, -0.2) is 0 Å². The minimum Gasteiger partial charge on any atom is -0.305 e. The molecule has 0 amide bonds. The maximum atomic E-state index is 3.94. The van der Waals surface area contributed by atoms with E-state index in [2.05, 4.69) is 53.6 Å². The van der Waals surface area contributed by atoms with Crippen LogP contribution in [0, 0.1) is 0 Å². The Labute approximate surface area is 109 Å². The molecule has 1 unspecified atom stereocenters. The first-order valence-corrected chi connectivity index (χ1v) is 6.60. The van der Waals surface area contributed by atoms with E-state index in [-0.39, 0.29) is 0 Å². The zero-order valence-electron chi connectivity index (χ0n) is 11.1. The van der Waals surface area contributed by atoms with Crippen LogP contribution in [0.4, 0.5) is 0 Å². The van der Waals surface area contributed by atoms with Crippen molar-refractivity contribution in [2.24, 2.45) is 0 Å². The monoisotopic (exact) mass is 243 g/mol. The fourth-order valence-electron chi connectivity index (χ4n) is 2.03. The van der Waals surface area contributed by atoms with Crippen LogP contribution in [0.3, 0.4) is 0 Å². The number of hydrogen-bond acceptors (Lipinski definition) is 2. The van der Waals surface area contributed by atoms with Crippen LogP contribution in [0.25, 0.3) is 0 Å². The van der Waals surface area contributed by atoms with Crippen molar-refractivity contribution in [1.29, 1.82) is 0 Å². The number of H-pyrrole nitrogens is 1. The largest absolute Gasteiger partial charge is 0.305 e. The van der Waals surface area contributed by atoms with Crippen molar-refractivity contribution in [3.05, 3.63) is 53.3 Å². The molecular weight excluding hydrogens is 222 g/mol. The lowest BCUT2D eigenvalue weighted by molar-refractivity contribution is 0.567. The lowest BCUT2D eigenvalue weighted by Gasteiger charge is -2.14. The van der Waals surface area contributed by atoms with Gasteiger partial charge in [-0.1, -0.05) is 37.6 Å². The Kier molecular flexibility index (Phi) is 4.53. The van der Waals surface area contributed by atoms with E-state index in [9.17, 15) is 0 Å². The third kappa shape index (κ3) is 3.44. The maximum absolute atomic E-state index is 3.94. The molecule has 0 aliphatic heterocycles. The van der Waals surface area contributed by atoms with Crippen molar-refractivity contribution < 1.29 is 0 Å². The molecule has 0 aliphatic carbocycles. The highest BCUT2D eigenvalue weighted by atomic mass is 15.1. The highest BCUT2D eigenvalue weighted by molar-refractivity contribution is 5.24. The van der Waals surface area contributed by atoms with E-state index >= 15 is 0 Å². The van der Waals surface area contributed by atoms with Crippen molar-refractivity contribution in [2.45, 2.75) is 39.3 Å². The Morgan fingerprint density at radius 1 is 1.22 bits per heavy atom. The number of benzene rings is 1. The van der Waals surface area contributed by atoms with Crippen molar-refractivity contribution in [1.82, 2.24) is 15.5 Å². The number of aromatic nitrogens is 2. The number of rotatable bonds is 6. The zero-order chi connectivity index (χ0) is 12.8. The van der Waals surface area contributed by atoms with E-state index in [0.29, 0.717) is 6.04 Å². The first-order valence-electron chi connectivity index (χ1n) is 6.60. The molecule has 2 rings (SSSR count). The van der Waals surface area contributed by atoms with Gasteiger partial charge in [-0.05, 0) is 30.5 Å². The zero-order valence-corrected chi connectivity index (χ0v) is 11.1. The molecule has 0 saturated heterocycles. The van der Waals surface area contributed by atoms with E-state index in [4.69, 9.17) is 0 Å². The average Bonchev–Trinajstić information content (AvgIpc) is 2.90. The molecule has 1 heterocycles. The Morgan fingerprint density at radius 2 is 2.00 bits per heavy atom. The fraction of sp³-hybridized carbons (Fsp3) is 0.400. The highest BCUT2D eigenvalue weighted by Gasteiger charge is 2.05. The van der Waals surface area contributed by atoms with Crippen LogP contribution >= 0.6 is 0 Å². The van der Waals surface area contributed by atoms with E-state index in [1.807, 2.05) is 6.07 Å². The molecule has 0 saturated carbocycles. The van der Waals surface area contributed by atoms with Crippen LogP contribution in [0.5, 0.6) is 0 Å². The van der Waals surface area contributed by atoms with Gasteiger partial charge in [0.15, 0.2) is 0 Å². The summed E-state index contributed by atoms with van der Waals surface area (Å²) in [4.78, 5) is 0. The Hall–Kier alpha value is -1.61. The van der Waals surface area contributed by atoms with Gasteiger partial charge in [0.2, 0.25) is 0 Å². The molecule has 18 heavy (non-hydrogen) atoms. The normalized spacial score (nSPS) is 12.6. The van der Waals surface area contributed by atoms with Gasteiger partial charge in [0, 0.05) is 24.5 Å². The minimum absolute atomic E-state index is 0.351. The van der Waals surface area contributed by atoms with Gasteiger partial charge >= 0.3 is 0 Å². The summed E-state index contributed by atoms with van der Waals surface area (Å²) in [5, 5.41) is 10.4. The Morgan fingerprint density at radius 3 is 2.61 bits per heavy atom. The van der Waals surface area contributed by atoms with Gasteiger partial charge in [0.1, 0.15) is 0 Å².